The minimum Gasteiger partial charge on any atom is -0.492 e. The molecule has 0 saturated carbocycles. The Labute approximate surface area is 123 Å². The van der Waals surface area contributed by atoms with Gasteiger partial charge in [0.25, 0.3) is 0 Å². The molecule has 0 atom stereocenters. The lowest BCUT2D eigenvalue weighted by Crippen LogP contribution is -2.22. The maximum Gasteiger partial charge on any atom is 0.243 e. The Balaban J connectivity index is 2.30. The molecule has 0 fully saturated rings. The van der Waals surface area contributed by atoms with Crippen LogP contribution in [0.5, 0.6) is 5.75 Å². The first-order chi connectivity index (χ1) is 9.04. The quantitative estimate of drug-likeness (QED) is 0.615. The molecule has 0 aliphatic rings. The van der Waals surface area contributed by atoms with E-state index < -0.39 is 0 Å². The van der Waals surface area contributed by atoms with Crippen molar-refractivity contribution in [2.24, 2.45) is 0 Å². The Morgan fingerprint density at radius 2 is 2.16 bits per heavy atom. The molecule has 1 rings (SSSR count). The summed E-state index contributed by atoms with van der Waals surface area (Å²) in [6.07, 6.45) is 2.92. The van der Waals surface area contributed by atoms with Crippen molar-refractivity contribution in [2.45, 2.75) is 19.8 Å². The highest BCUT2D eigenvalue weighted by Gasteiger charge is 2.07. The average Bonchev–Trinajstić information content (AvgIpc) is 2.35. The van der Waals surface area contributed by atoms with Gasteiger partial charge in [0.15, 0.2) is 0 Å². The Morgan fingerprint density at radius 3 is 2.79 bits per heavy atom. The van der Waals surface area contributed by atoms with Crippen molar-refractivity contribution in [3.8, 4) is 5.75 Å². The number of ether oxygens (including phenoxy) is 1. The Bertz CT molecular complexity index is 438. The zero-order chi connectivity index (χ0) is 14.3. The molecule has 104 valence electrons. The van der Waals surface area contributed by atoms with Gasteiger partial charge in [-0.25, -0.2) is 0 Å². The van der Waals surface area contributed by atoms with Gasteiger partial charge in [-0.3, -0.25) is 4.79 Å². The van der Waals surface area contributed by atoms with E-state index in [-0.39, 0.29) is 5.91 Å². The molecule has 0 aliphatic heterocycles. The molecule has 0 aromatic heterocycles. The highest BCUT2D eigenvalue weighted by Crippen LogP contribution is 2.31. The lowest BCUT2D eigenvalue weighted by Gasteiger charge is -2.11. The molecule has 0 heterocycles. The molecule has 3 nitrogen and oxygen atoms in total. The number of rotatable bonds is 7. The molecule has 1 amide bonds. The second kappa shape index (κ2) is 8.08. The van der Waals surface area contributed by atoms with Gasteiger partial charge in [0, 0.05) is 11.6 Å². The van der Waals surface area contributed by atoms with Crippen LogP contribution in [0.25, 0.3) is 0 Å². The van der Waals surface area contributed by atoms with Crippen LogP contribution in [0.2, 0.25) is 10.0 Å². The van der Waals surface area contributed by atoms with Crippen LogP contribution in [-0.4, -0.2) is 19.1 Å². The summed E-state index contributed by atoms with van der Waals surface area (Å²) in [5.74, 6) is 0.513. The average molecular weight is 302 g/mol. The molecular weight excluding hydrogens is 285 g/mol. The lowest BCUT2D eigenvalue weighted by molar-refractivity contribution is -0.116. The highest BCUT2D eigenvalue weighted by atomic mass is 35.5. The Kier molecular flexibility index (Phi) is 6.74. The summed E-state index contributed by atoms with van der Waals surface area (Å²) < 4.78 is 5.63. The molecule has 1 aromatic rings. The standard InChI is InChI=1S/C14H17Cl2NO2/c1-3-13(18)17-6-4-5-7-19-14-10(2)8-11(15)9-12(14)16/h3,8-9H,1,4-7H2,2H3,(H,17,18). The van der Waals surface area contributed by atoms with Gasteiger partial charge < -0.3 is 10.1 Å². The molecule has 0 radical (unpaired) electrons. The van der Waals surface area contributed by atoms with E-state index >= 15 is 0 Å². The number of unbranched alkanes of at least 4 members (excludes halogenated alkanes) is 1. The fourth-order valence-corrected chi connectivity index (χ4v) is 2.21. The second-order valence-corrected chi connectivity index (χ2v) is 4.93. The van der Waals surface area contributed by atoms with Crippen LogP contribution in [0.1, 0.15) is 18.4 Å². The first-order valence-electron chi connectivity index (χ1n) is 6.03. The number of halogens is 2. The number of hydrogen-bond acceptors (Lipinski definition) is 2. The molecule has 1 N–H and O–H groups in total. The van der Waals surface area contributed by atoms with Gasteiger partial charge in [-0.1, -0.05) is 29.8 Å². The number of nitrogens with one attached hydrogen (secondary N) is 1. The van der Waals surface area contributed by atoms with E-state index in [4.69, 9.17) is 27.9 Å². The summed E-state index contributed by atoms with van der Waals surface area (Å²) in [5, 5.41) is 3.82. The van der Waals surface area contributed by atoms with Gasteiger partial charge in [-0.2, -0.15) is 0 Å². The first-order valence-corrected chi connectivity index (χ1v) is 6.79. The van der Waals surface area contributed by atoms with Crippen LogP contribution >= 0.6 is 23.2 Å². The van der Waals surface area contributed by atoms with Gasteiger partial charge in [0.1, 0.15) is 5.75 Å². The number of carbonyl (C=O) groups is 1. The molecule has 0 saturated heterocycles. The predicted molar refractivity (Wildman–Crippen MR) is 79.1 cm³/mol. The molecular formula is C14H17Cl2NO2. The zero-order valence-corrected chi connectivity index (χ0v) is 12.4. The molecule has 0 unspecified atom stereocenters. The van der Waals surface area contributed by atoms with E-state index in [0.29, 0.717) is 28.9 Å². The van der Waals surface area contributed by atoms with Crippen molar-refractivity contribution in [2.75, 3.05) is 13.2 Å². The van der Waals surface area contributed by atoms with Gasteiger partial charge in [0.2, 0.25) is 5.91 Å². The summed E-state index contributed by atoms with van der Waals surface area (Å²) >= 11 is 11.9. The van der Waals surface area contributed by atoms with Crippen LogP contribution in [-0.2, 0) is 4.79 Å². The van der Waals surface area contributed by atoms with Gasteiger partial charge in [-0.15, -0.1) is 0 Å². The fourth-order valence-electron chi connectivity index (χ4n) is 1.56. The van der Waals surface area contributed by atoms with Crippen molar-refractivity contribution in [1.82, 2.24) is 5.32 Å². The largest absolute Gasteiger partial charge is 0.492 e. The minimum absolute atomic E-state index is 0.155. The number of hydrogen-bond donors (Lipinski definition) is 1. The molecule has 5 heteroatoms. The normalized spacial score (nSPS) is 10.1. The molecule has 0 spiro atoms. The summed E-state index contributed by atoms with van der Waals surface area (Å²) in [4.78, 5) is 10.9. The lowest BCUT2D eigenvalue weighted by atomic mass is 10.2. The van der Waals surface area contributed by atoms with Crippen molar-refractivity contribution >= 4 is 29.1 Å². The summed E-state index contributed by atoms with van der Waals surface area (Å²) in [6, 6.07) is 3.48. The first kappa shape index (κ1) is 15.9. The maximum atomic E-state index is 10.9. The highest BCUT2D eigenvalue weighted by molar-refractivity contribution is 6.35. The van der Waals surface area contributed by atoms with Crippen LogP contribution in [0, 0.1) is 6.92 Å². The smallest absolute Gasteiger partial charge is 0.243 e. The predicted octanol–water partition coefficient (Wildman–Crippen LogP) is 3.76. The van der Waals surface area contributed by atoms with Crippen molar-refractivity contribution in [3.63, 3.8) is 0 Å². The number of amides is 1. The van der Waals surface area contributed by atoms with E-state index in [0.717, 1.165) is 18.4 Å². The van der Waals surface area contributed by atoms with Crippen LogP contribution in [0.15, 0.2) is 24.8 Å². The van der Waals surface area contributed by atoms with Crippen molar-refractivity contribution < 1.29 is 9.53 Å². The summed E-state index contributed by atoms with van der Waals surface area (Å²) in [6.45, 7) is 6.44. The van der Waals surface area contributed by atoms with Crippen molar-refractivity contribution in [1.29, 1.82) is 0 Å². The van der Waals surface area contributed by atoms with Crippen LogP contribution < -0.4 is 10.1 Å². The third-order valence-electron chi connectivity index (χ3n) is 2.50. The third-order valence-corrected chi connectivity index (χ3v) is 3.00. The Morgan fingerprint density at radius 1 is 1.42 bits per heavy atom. The van der Waals surface area contributed by atoms with Gasteiger partial charge in [-0.05, 0) is 43.5 Å². The van der Waals surface area contributed by atoms with Gasteiger partial charge >= 0.3 is 0 Å². The number of aryl methyl sites for hydroxylation is 1. The number of carbonyl (C=O) groups excluding carboxylic acids is 1. The van der Waals surface area contributed by atoms with E-state index in [9.17, 15) is 4.79 Å². The SMILES string of the molecule is C=CC(=O)NCCCCOc1c(C)cc(Cl)cc1Cl. The van der Waals surface area contributed by atoms with E-state index in [1.807, 2.05) is 13.0 Å². The van der Waals surface area contributed by atoms with Crippen molar-refractivity contribution in [3.05, 3.63) is 40.4 Å². The monoisotopic (exact) mass is 301 g/mol. The van der Waals surface area contributed by atoms with E-state index in [2.05, 4.69) is 11.9 Å². The minimum atomic E-state index is -0.155. The third kappa shape index (κ3) is 5.53. The fraction of sp³-hybridized carbons (Fsp3) is 0.357. The van der Waals surface area contributed by atoms with E-state index in [1.54, 1.807) is 6.07 Å². The topological polar surface area (TPSA) is 38.3 Å². The van der Waals surface area contributed by atoms with Crippen LogP contribution in [0.3, 0.4) is 0 Å². The Hall–Kier alpha value is -1.19. The van der Waals surface area contributed by atoms with Gasteiger partial charge in [0.05, 0.1) is 11.6 Å². The molecule has 1 aromatic carbocycles. The number of benzene rings is 1. The maximum absolute atomic E-state index is 10.9. The molecule has 19 heavy (non-hydrogen) atoms. The van der Waals surface area contributed by atoms with E-state index in [1.165, 1.54) is 6.08 Å². The summed E-state index contributed by atoms with van der Waals surface area (Å²) in [7, 11) is 0. The second-order valence-electron chi connectivity index (χ2n) is 4.08. The molecule has 0 bridgehead atoms. The summed E-state index contributed by atoms with van der Waals surface area (Å²) in [5.41, 5.74) is 0.914. The zero-order valence-electron chi connectivity index (χ0n) is 10.8. The molecule has 0 aliphatic carbocycles. The van der Waals surface area contributed by atoms with Crippen LogP contribution in [0.4, 0.5) is 0 Å².